The summed E-state index contributed by atoms with van der Waals surface area (Å²) in [6.45, 7) is 2.35. The first-order valence-corrected chi connectivity index (χ1v) is 6.34. The van der Waals surface area contributed by atoms with Crippen LogP contribution in [0.2, 0.25) is 0 Å². The molecule has 1 aliphatic carbocycles. The van der Waals surface area contributed by atoms with Gasteiger partial charge in [0, 0.05) is 4.83 Å². The highest BCUT2D eigenvalue weighted by atomic mass is 79.9. The van der Waals surface area contributed by atoms with Gasteiger partial charge in [-0.25, -0.2) is 0 Å². The zero-order valence-corrected chi connectivity index (χ0v) is 10.9. The Morgan fingerprint density at radius 2 is 2.27 bits per heavy atom. The van der Waals surface area contributed by atoms with Crippen LogP contribution in [0.15, 0.2) is 24.3 Å². The summed E-state index contributed by atoms with van der Waals surface area (Å²) in [6.07, 6.45) is 3.75. The molecule has 0 radical (unpaired) electrons. The topological polar surface area (TPSA) is 9.23 Å². The molecule has 15 heavy (non-hydrogen) atoms. The van der Waals surface area contributed by atoms with Gasteiger partial charge >= 0.3 is 0 Å². The molecule has 82 valence electrons. The van der Waals surface area contributed by atoms with Crippen LogP contribution in [0.5, 0.6) is 5.75 Å². The summed E-state index contributed by atoms with van der Waals surface area (Å²) in [6, 6.07) is 8.48. The molecule has 0 N–H and O–H groups in total. The van der Waals surface area contributed by atoms with Gasteiger partial charge in [0.25, 0.3) is 0 Å². The molecule has 2 rings (SSSR count). The Bertz CT molecular complexity index is 350. The lowest BCUT2D eigenvalue weighted by atomic mass is 9.81. The van der Waals surface area contributed by atoms with Crippen molar-refractivity contribution >= 4 is 15.9 Å². The van der Waals surface area contributed by atoms with Gasteiger partial charge in [-0.05, 0) is 42.4 Å². The van der Waals surface area contributed by atoms with Gasteiger partial charge in [0.15, 0.2) is 0 Å². The summed E-state index contributed by atoms with van der Waals surface area (Å²) >= 11 is 3.72. The normalized spacial score (nSPS) is 30.5. The lowest BCUT2D eigenvalue weighted by Crippen LogP contribution is -2.17. The zero-order chi connectivity index (χ0) is 10.9. The van der Waals surface area contributed by atoms with Gasteiger partial charge in [0.2, 0.25) is 0 Å². The van der Waals surface area contributed by atoms with Crippen LogP contribution in [0.25, 0.3) is 0 Å². The minimum Gasteiger partial charge on any atom is -0.497 e. The highest BCUT2D eigenvalue weighted by molar-refractivity contribution is 9.09. The summed E-state index contributed by atoms with van der Waals surface area (Å²) < 4.78 is 5.27. The molecular weight excluding hydrogens is 252 g/mol. The second-order valence-corrected chi connectivity index (χ2v) is 5.93. The number of rotatable bonds is 2. The minimum absolute atomic E-state index is 0.322. The average Bonchev–Trinajstić information content (AvgIpc) is 2.60. The summed E-state index contributed by atoms with van der Waals surface area (Å²) in [4.78, 5) is 0.675. The maximum absolute atomic E-state index is 5.27. The van der Waals surface area contributed by atoms with E-state index < -0.39 is 0 Å². The summed E-state index contributed by atoms with van der Waals surface area (Å²) in [7, 11) is 1.73. The molecule has 0 aromatic heterocycles. The van der Waals surface area contributed by atoms with Crippen molar-refractivity contribution in [2.45, 2.75) is 36.4 Å². The number of methoxy groups -OCH3 is 1. The fraction of sp³-hybridized carbons (Fsp3) is 0.538. The predicted molar refractivity (Wildman–Crippen MR) is 66.9 cm³/mol. The van der Waals surface area contributed by atoms with Crippen LogP contribution in [0.1, 0.15) is 31.7 Å². The predicted octanol–water partition coefficient (Wildman–Crippen LogP) is 3.90. The second kappa shape index (κ2) is 4.17. The molecule has 0 aliphatic heterocycles. The van der Waals surface area contributed by atoms with E-state index in [1.165, 1.54) is 24.8 Å². The molecule has 1 saturated carbocycles. The van der Waals surface area contributed by atoms with Crippen LogP contribution in [0.4, 0.5) is 0 Å². The fourth-order valence-corrected chi connectivity index (χ4v) is 3.37. The van der Waals surface area contributed by atoms with Gasteiger partial charge in [0.05, 0.1) is 7.11 Å². The Hall–Kier alpha value is -0.500. The molecule has 1 aromatic rings. The monoisotopic (exact) mass is 268 g/mol. The number of hydrogen-bond acceptors (Lipinski definition) is 1. The maximum atomic E-state index is 5.27. The van der Waals surface area contributed by atoms with Crippen molar-refractivity contribution in [2.24, 2.45) is 0 Å². The quantitative estimate of drug-likeness (QED) is 0.740. The third-order valence-corrected chi connectivity index (χ3v) is 4.23. The molecule has 1 aliphatic rings. The Kier molecular flexibility index (Phi) is 3.06. The van der Waals surface area contributed by atoms with Gasteiger partial charge in [-0.2, -0.15) is 0 Å². The van der Waals surface area contributed by atoms with Gasteiger partial charge in [-0.3, -0.25) is 0 Å². The lowest BCUT2D eigenvalue weighted by Gasteiger charge is -2.24. The third-order valence-electron chi connectivity index (χ3n) is 3.45. The van der Waals surface area contributed by atoms with Crippen LogP contribution in [-0.2, 0) is 5.41 Å². The van der Waals surface area contributed by atoms with Crippen LogP contribution in [0, 0.1) is 0 Å². The summed E-state index contributed by atoms with van der Waals surface area (Å²) in [5.74, 6) is 0.965. The Morgan fingerprint density at radius 3 is 2.87 bits per heavy atom. The molecule has 0 spiro atoms. The molecule has 0 amide bonds. The minimum atomic E-state index is 0.322. The highest BCUT2D eigenvalue weighted by Gasteiger charge is 2.35. The first-order chi connectivity index (χ1) is 7.14. The van der Waals surface area contributed by atoms with E-state index >= 15 is 0 Å². The van der Waals surface area contributed by atoms with Crippen molar-refractivity contribution in [1.82, 2.24) is 0 Å². The van der Waals surface area contributed by atoms with Gasteiger partial charge < -0.3 is 4.74 Å². The molecule has 1 fully saturated rings. The first kappa shape index (κ1) is 11.0. The zero-order valence-electron chi connectivity index (χ0n) is 9.29. The average molecular weight is 269 g/mol. The molecule has 2 unspecified atom stereocenters. The fourth-order valence-electron chi connectivity index (χ4n) is 2.43. The highest BCUT2D eigenvalue weighted by Crippen LogP contribution is 2.44. The van der Waals surface area contributed by atoms with E-state index in [2.05, 4.69) is 41.1 Å². The SMILES string of the molecule is COc1cccc(C2(C)CCC(Br)C2)c1. The van der Waals surface area contributed by atoms with Crippen molar-refractivity contribution in [3.8, 4) is 5.75 Å². The van der Waals surface area contributed by atoms with E-state index in [1.54, 1.807) is 7.11 Å². The summed E-state index contributed by atoms with van der Waals surface area (Å²) in [5, 5.41) is 0. The van der Waals surface area contributed by atoms with E-state index in [1.807, 2.05) is 6.07 Å². The number of benzene rings is 1. The molecule has 1 aromatic carbocycles. The number of alkyl halides is 1. The Morgan fingerprint density at radius 1 is 1.47 bits per heavy atom. The van der Waals surface area contributed by atoms with E-state index in [0.29, 0.717) is 10.2 Å². The van der Waals surface area contributed by atoms with Crippen molar-refractivity contribution in [2.75, 3.05) is 7.11 Å². The largest absolute Gasteiger partial charge is 0.497 e. The molecule has 0 bridgehead atoms. The maximum Gasteiger partial charge on any atom is 0.119 e. The number of ether oxygens (including phenoxy) is 1. The lowest BCUT2D eigenvalue weighted by molar-refractivity contribution is 0.410. The van der Waals surface area contributed by atoms with Crippen LogP contribution >= 0.6 is 15.9 Å². The van der Waals surface area contributed by atoms with Gasteiger partial charge in [0.1, 0.15) is 5.75 Å². The summed E-state index contributed by atoms with van der Waals surface area (Å²) in [5.41, 5.74) is 1.73. The van der Waals surface area contributed by atoms with Gasteiger partial charge in [-0.1, -0.05) is 35.0 Å². The van der Waals surface area contributed by atoms with Crippen molar-refractivity contribution < 1.29 is 4.74 Å². The van der Waals surface area contributed by atoms with Crippen LogP contribution in [-0.4, -0.2) is 11.9 Å². The smallest absolute Gasteiger partial charge is 0.119 e. The van der Waals surface area contributed by atoms with E-state index in [0.717, 1.165) is 5.75 Å². The van der Waals surface area contributed by atoms with Crippen LogP contribution < -0.4 is 4.74 Å². The van der Waals surface area contributed by atoms with E-state index in [4.69, 9.17) is 4.74 Å². The molecule has 1 nitrogen and oxygen atoms in total. The van der Waals surface area contributed by atoms with Gasteiger partial charge in [-0.15, -0.1) is 0 Å². The molecule has 2 atom stereocenters. The van der Waals surface area contributed by atoms with Crippen molar-refractivity contribution in [3.05, 3.63) is 29.8 Å². The first-order valence-electron chi connectivity index (χ1n) is 5.43. The molecule has 2 heteroatoms. The number of hydrogen-bond donors (Lipinski definition) is 0. The molecular formula is C13H17BrO. The van der Waals surface area contributed by atoms with Crippen molar-refractivity contribution in [1.29, 1.82) is 0 Å². The van der Waals surface area contributed by atoms with E-state index in [-0.39, 0.29) is 0 Å². The standard InChI is InChI=1S/C13H17BrO/c1-13(7-6-11(14)9-13)10-4-3-5-12(8-10)15-2/h3-5,8,11H,6-7,9H2,1-2H3. The van der Waals surface area contributed by atoms with Crippen molar-refractivity contribution in [3.63, 3.8) is 0 Å². The van der Waals surface area contributed by atoms with Crippen LogP contribution in [0.3, 0.4) is 0 Å². The second-order valence-electron chi connectivity index (χ2n) is 4.63. The third kappa shape index (κ3) is 2.20. The molecule has 0 heterocycles. The number of halogens is 1. The Balaban J connectivity index is 2.28. The Labute approximate surface area is 100.0 Å². The van der Waals surface area contributed by atoms with E-state index in [9.17, 15) is 0 Å². The molecule has 0 saturated heterocycles.